The molecule has 0 atom stereocenters. The van der Waals surface area contributed by atoms with Gasteiger partial charge in [-0.3, -0.25) is 4.57 Å². The van der Waals surface area contributed by atoms with Crippen LogP contribution in [0, 0.1) is 0 Å². The Morgan fingerprint density at radius 3 is 2.71 bits per heavy atom. The number of aromatic nitrogens is 2. The molecule has 0 aliphatic heterocycles. The molecule has 5 heteroatoms. The van der Waals surface area contributed by atoms with Gasteiger partial charge < -0.3 is 4.74 Å². The molecule has 0 saturated carbocycles. The summed E-state index contributed by atoms with van der Waals surface area (Å²) in [6.07, 6.45) is 0. The van der Waals surface area contributed by atoms with Crippen molar-refractivity contribution in [2.75, 3.05) is 6.61 Å². The average molecular weight is 321 g/mol. The van der Waals surface area contributed by atoms with Crippen LogP contribution in [0.3, 0.4) is 0 Å². The van der Waals surface area contributed by atoms with Gasteiger partial charge in [-0.05, 0) is 31.2 Å². The maximum atomic E-state index is 6.37. The molecule has 0 radical (unpaired) electrons. The van der Waals surface area contributed by atoms with Crippen LogP contribution in [0.25, 0.3) is 16.7 Å². The lowest BCUT2D eigenvalue weighted by molar-refractivity contribution is 0.339. The molecule has 1 heterocycles. The number of hydrogen-bond donors (Lipinski definition) is 0. The van der Waals surface area contributed by atoms with E-state index in [1.54, 1.807) is 0 Å². The lowest BCUT2D eigenvalue weighted by atomic mass is 10.2. The van der Waals surface area contributed by atoms with E-state index in [0.717, 1.165) is 28.3 Å². The van der Waals surface area contributed by atoms with Crippen molar-refractivity contribution in [3.8, 4) is 11.4 Å². The van der Waals surface area contributed by atoms with Crippen molar-refractivity contribution in [2.24, 2.45) is 0 Å². The number of fused-ring (bicyclic) bond motifs is 1. The standard InChI is InChI=1S/C16H14Cl2N2O/c1-2-21-14-9-4-3-8-13(14)20-15(10-17)19-12-7-5-6-11(18)16(12)20/h3-9H,2,10H2,1H3. The number of alkyl halides is 1. The first-order chi connectivity index (χ1) is 10.3. The van der Waals surface area contributed by atoms with Gasteiger partial charge in [0.05, 0.1) is 34.2 Å². The van der Waals surface area contributed by atoms with Crippen molar-refractivity contribution >= 4 is 34.2 Å². The minimum atomic E-state index is 0.297. The van der Waals surface area contributed by atoms with E-state index in [1.807, 2.05) is 54.0 Å². The Hall–Kier alpha value is -1.71. The number of halogens is 2. The van der Waals surface area contributed by atoms with Gasteiger partial charge in [0, 0.05) is 0 Å². The summed E-state index contributed by atoms with van der Waals surface area (Å²) in [6, 6.07) is 13.5. The quantitative estimate of drug-likeness (QED) is 0.644. The second kappa shape index (κ2) is 5.96. The molecule has 0 spiro atoms. The van der Waals surface area contributed by atoms with Crippen molar-refractivity contribution in [2.45, 2.75) is 12.8 Å². The largest absolute Gasteiger partial charge is 0.492 e. The minimum absolute atomic E-state index is 0.297. The fraction of sp³-hybridized carbons (Fsp3) is 0.188. The molecule has 3 rings (SSSR count). The highest BCUT2D eigenvalue weighted by Gasteiger charge is 2.16. The summed E-state index contributed by atoms with van der Waals surface area (Å²) in [5.41, 5.74) is 2.57. The van der Waals surface area contributed by atoms with Gasteiger partial charge in [0.1, 0.15) is 11.6 Å². The Bertz CT molecular complexity index is 783. The van der Waals surface area contributed by atoms with Gasteiger partial charge in [-0.25, -0.2) is 4.98 Å². The summed E-state index contributed by atoms with van der Waals surface area (Å²) in [4.78, 5) is 4.56. The average Bonchev–Trinajstić information content (AvgIpc) is 2.88. The summed E-state index contributed by atoms with van der Waals surface area (Å²) in [6.45, 7) is 2.55. The van der Waals surface area contributed by atoms with E-state index in [-0.39, 0.29) is 0 Å². The second-order valence-corrected chi connectivity index (χ2v) is 5.18. The van der Waals surface area contributed by atoms with Gasteiger partial charge in [0.2, 0.25) is 0 Å². The Balaban J connectivity index is 2.34. The highest BCUT2D eigenvalue weighted by molar-refractivity contribution is 6.35. The number of benzene rings is 2. The molecule has 0 aliphatic carbocycles. The van der Waals surface area contributed by atoms with Crippen LogP contribution in [-0.2, 0) is 5.88 Å². The molecule has 0 N–H and O–H groups in total. The van der Waals surface area contributed by atoms with Crippen molar-refractivity contribution in [1.82, 2.24) is 9.55 Å². The molecule has 3 nitrogen and oxygen atoms in total. The SMILES string of the molecule is CCOc1ccccc1-n1c(CCl)nc2cccc(Cl)c21. The van der Waals surface area contributed by atoms with E-state index in [2.05, 4.69) is 4.98 Å². The van der Waals surface area contributed by atoms with Crippen LogP contribution in [-0.4, -0.2) is 16.2 Å². The molecule has 1 aromatic heterocycles. The highest BCUT2D eigenvalue weighted by Crippen LogP contribution is 2.32. The van der Waals surface area contributed by atoms with E-state index in [9.17, 15) is 0 Å². The molecule has 0 aliphatic rings. The molecule has 0 amide bonds. The Labute approximate surface area is 133 Å². The maximum absolute atomic E-state index is 6.37. The zero-order chi connectivity index (χ0) is 14.8. The van der Waals surface area contributed by atoms with Crippen LogP contribution in [0.5, 0.6) is 5.75 Å². The van der Waals surface area contributed by atoms with Crippen molar-refractivity contribution in [3.05, 3.63) is 53.3 Å². The van der Waals surface area contributed by atoms with Gasteiger partial charge in [-0.15, -0.1) is 11.6 Å². The van der Waals surface area contributed by atoms with Crippen LogP contribution in [0.15, 0.2) is 42.5 Å². The third kappa shape index (κ3) is 2.47. The van der Waals surface area contributed by atoms with E-state index in [1.165, 1.54) is 0 Å². The fourth-order valence-corrected chi connectivity index (χ4v) is 2.84. The van der Waals surface area contributed by atoms with E-state index in [4.69, 9.17) is 27.9 Å². The van der Waals surface area contributed by atoms with Crippen LogP contribution in [0.1, 0.15) is 12.7 Å². The number of imidazole rings is 1. The van der Waals surface area contributed by atoms with E-state index < -0.39 is 0 Å². The molecule has 0 bridgehead atoms. The van der Waals surface area contributed by atoms with Crippen LogP contribution < -0.4 is 4.74 Å². The molecule has 2 aromatic carbocycles. The van der Waals surface area contributed by atoms with Crippen molar-refractivity contribution in [1.29, 1.82) is 0 Å². The Kier molecular flexibility index (Phi) is 4.04. The Morgan fingerprint density at radius 2 is 1.95 bits per heavy atom. The summed E-state index contributed by atoms with van der Waals surface area (Å²) in [5, 5.41) is 0.641. The van der Waals surface area contributed by atoms with Gasteiger partial charge >= 0.3 is 0 Å². The normalized spacial score (nSPS) is 11.0. The third-order valence-electron chi connectivity index (χ3n) is 3.22. The molecule has 0 unspecified atom stereocenters. The molecule has 0 fully saturated rings. The minimum Gasteiger partial charge on any atom is -0.492 e. The van der Waals surface area contributed by atoms with Gasteiger partial charge in [-0.1, -0.05) is 29.8 Å². The summed E-state index contributed by atoms with van der Waals surface area (Å²) >= 11 is 12.4. The zero-order valence-electron chi connectivity index (χ0n) is 11.5. The van der Waals surface area contributed by atoms with Crippen molar-refractivity contribution < 1.29 is 4.74 Å². The first-order valence-electron chi connectivity index (χ1n) is 6.70. The van der Waals surface area contributed by atoms with Gasteiger partial charge in [0.25, 0.3) is 0 Å². The predicted octanol–water partition coefficient (Wildman–Crippen LogP) is 4.82. The number of para-hydroxylation sites is 3. The second-order valence-electron chi connectivity index (χ2n) is 4.51. The highest BCUT2D eigenvalue weighted by atomic mass is 35.5. The number of hydrogen-bond acceptors (Lipinski definition) is 2. The first kappa shape index (κ1) is 14.2. The van der Waals surface area contributed by atoms with Gasteiger partial charge in [0.15, 0.2) is 0 Å². The monoisotopic (exact) mass is 320 g/mol. The zero-order valence-corrected chi connectivity index (χ0v) is 13.0. The fourth-order valence-electron chi connectivity index (χ4n) is 2.40. The number of ether oxygens (including phenoxy) is 1. The van der Waals surface area contributed by atoms with Crippen molar-refractivity contribution in [3.63, 3.8) is 0 Å². The summed E-state index contributed by atoms with van der Waals surface area (Å²) in [7, 11) is 0. The lowest BCUT2D eigenvalue weighted by Gasteiger charge is -2.14. The topological polar surface area (TPSA) is 27.1 Å². The lowest BCUT2D eigenvalue weighted by Crippen LogP contribution is -2.03. The van der Waals surface area contributed by atoms with Crippen LogP contribution in [0.2, 0.25) is 5.02 Å². The molecular formula is C16H14Cl2N2O. The maximum Gasteiger partial charge on any atom is 0.143 e. The third-order valence-corrected chi connectivity index (χ3v) is 3.77. The van der Waals surface area contributed by atoms with E-state index >= 15 is 0 Å². The van der Waals surface area contributed by atoms with E-state index in [0.29, 0.717) is 17.5 Å². The smallest absolute Gasteiger partial charge is 0.143 e. The first-order valence-corrected chi connectivity index (χ1v) is 7.61. The Morgan fingerprint density at radius 1 is 1.14 bits per heavy atom. The molecular weight excluding hydrogens is 307 g/mol. The molecule has 21 heavy (non-hydrogen) atoms. The summed E-state index contributed by atoms with van der Waals surface area (Å²) < 4.78 is 7.68. The summed E-state index contributed by atoms with van der Waals surface area (Å²) in [5.74, 6) is 1.82. The molecule has 108 valence electrons. The van der Waals surface area contributed by atoms with Crippen LogP contribution >= 0.6 is 23.2 Å². The van der Waals surface area contributed by atoms with Crippen LogP contribution in [0.4, 0.5) is 0 Å². The van der Waals surface area contributed by atoms with Gasteiger partial charge in [-0.2, -0.15) is 0 Å². The molecule has 3 aromatic rings. The number of nitrogens with zero attached hydrogens (tertiary/aromatic N) is 2. The predicted molar refractivity (Wildman–Crippen MR) is 86.8 cm³/mol. The number of rotatable bonds is 4. The molecule has 0 saturated heterocycles.